The van der Waals surface area contributed by atoms with Crippen molar-refractivity contribution in [3.05, 3.63) is 55.0 Å². The molecule has 0 fully saturated rings. The van der Waals surface area contributed by atoms with Gasteiger partial charge in [0.25, 0.3) is 0 Å². The van der Waals surface area contributed by atoms with Gasteiger partial charge in [0.1, 0.15) is 27.0 Å². The predicted octanol–water partition coefficient (Wildman–Crippen LogP) is 5.87. The van der Waals surface area contributed by atoms with E-state index in [1.54, 1.807) is 55.2 Å². The Hall–Kier alpha value is -4.44. The number of hydrogen-bond donors (Lipinski definition) is 0. The van der Waals surface area contributed by atoms with Crippen LogP contribution < -0.4 is 28.4 Å². The molecule has 2 heterocycles. The van der Waals surface area contributed by atoms with E-state index in [0.717, 1.165) is 37.7 Å². The highest BCUT2D eigenvalue weighted by molar-refractivity contribution is 7.22. The van der Waals surface area contributed by atoms with E-state index in [-0.39, 0.29) is 0 Å². The minimum atomic E-state index is 0.546. The van der Waals surface area contributed by atoms with Gasteiger partial charge in [-0.15, -0.1) is 11.3 Å². The van der Waals surface area contributed by atoms with Gasteiger partial charge in [0.15, 0.2) is 11.5 Å². The highest BCUT2D eigenvalue weighted by Gasteiger charge is 2.21. The minimum Gasteiger partial charge on any atom is -0.496 e. The van der Waals surface area contributed by atoms with E-state index in [9.17, 15) is 0 Å². The van der Waals surface area contributed by atoms with Crippen LogP contribution in [0.25, 0.3) is 37.7 Å². The molecule has 3 aromatic carbocycles. The second-order valence-electron chi connectivity index (χ2n) is 8.12. The van der Waals surface area contributed by atoms with Crippen molar-refractivity contribution in [1.82, 2.24) is 14.5 Å². The Bertz CT molecular complexity index is 1570. The van der Waals surface area contributed by atoms with Gasteiger partial charge in [-0.05, 0) is 24.3 Å². The molecule has 0 bridgehead atoms. The number of hydrogen-bond acceptors (Lipinski definition) is 9. The summed E-state index contributed by atoms with van der Waals surface area (Å²) in [5, 5.41) is 0.851. The normalized spacial score (nSPS) is 10.9. The number of fused-ring (bicyclic) bond motifs is 1. The standard InChI is InChI=1S/C28H27N3O6S/c1-32-18-11-21(33-2)24(22(12-18)34-3)20-14-29-15-31(20)17-9-7-16(8-10-17)28-30-19-13-23(35-4)25(36-5)26(37-6)27(19)38-28/h7-15H,1-6H3. The summed E-state index contributed by atoms with van der Waals surface area (Å²) in [6.45, 7) is 0. The van der Waals surface area contributed by atoms with Crippen LogP contribution in [0.15, 0.2) is 55.0 Å². The zero-order valence-electron chi connectivity index (χ0n) is 21.9. The zero-order chi connectivity index (χ0) is 26.8. The van der Waals surface area contributed by atoms with Crippen LogP contribution in [0.2, 0.25) is 0 Å². The number of benzene rings is 3. The molecule has 38 heavy (non-hydrogen) atoms. The Morgan fingerprint density at radius 2 is 1.37 bits per heavy atom. The third-order valence-electron chi connectivity index (χ3n) is 6.19. The molecule has 10 heteroatoms. The summed E-state index contributed by atoms with van der Waals surface area (Å²) in [4.78, 5) is 9.24. The van der Waals surface area contributed by atoms with Gasteiger partial charge >= 0.3 is 0 Å². The van der Waals surface area contributed by atoms with Gasteiger partial charge in [0.2, 0.25) is 5.75 Å². The summed E-state index contributed by atoms with van der Waals surface area (Å²) in [7, 11) is 9.64. The smallest absolute Gasteiger partial charge is 0.204 e. The summed E-state index contributed by atoms with van der Waals surface area (Å²) in [5.74, 6) is 3.60. The Morgan fingerprint density at radius 3 is 1.95 bits per heavy atom. The maximum Gasteiger partial charge on any atom is 0.204 e. The summed E-state index contributed by atoms with van der Waals surface area (Å²) < 4.78 is 36.2. The van der Waals surface area contributed by atoms with E-state index in [2.05, 4.69) is 4.98 Å². The third kappa shape index (κ3) is 4.22. The zero-order valence-corrected chi connectivity index (χ0v) is 22.7. The maximum atomic E-state index is 5.67. The summed E-state index contributed by atoms with van der Waals surface area (Å²) in [5.41, 5.74) is 4.26. The minimum absolute atomic E-state index is 0.546. The highest BCUT2D eigenvalue weighted by atomic mass is 32.1. The first-order valence-corrected chi connectivity index (χ1v) is 12.4. The molecule has 0 aliphatic heterocycles. The molecule has 0 spiro atoms. The van der Waals surface area contributed by atoms with E-state index in [1.807, 2.05) is 47.0 Å². The molecule has 5 aromatic rings. The molecule has 0 amide bonds. The van der Waals surface area contributed by atoms with Gasteiger partial charge < -0.3 is 28.4 Å². The second kappa shape index (κ2) is 10.5. The van der Waals surface area contributed by atoms with Crippen LogP contribution in [-0.2, 0) is 0 Å². The predicted molar refractivity (Wildman–Crippen MR) is 147 cm³/mol. The molecule has 2 aromatic heterocycles. The van der Waals surface area contributed by atoms with Crippen LogP contribution in [0.1, 0.15) is 0 Å². The van der Waals surface area contributed by atoms with Crippen LogP contribution in [0, 0.1) is 0 Å². The first kappa shape index (κ1) is 25.2. The molecule has 0 radical (unpaired) electrons. The van der Waals surface area contributed by atoms with Gasteiger partial charge in [0, 0.05) is 29.4 Å². The molecular formula is C28H27N3O6S. The number of rotatable bonds is 9. The molecule has 0 atom stereocenters. The van der Waals surface area contributed by atoms with Gasteiger partial charge in [-0.3, -0.25) is 4.57 Å². The van der Waals surface area contributed by atoms with Gasteiger partial charge in [-0.1, -0.05) is 0 Å². The van der Waals surface area contributed by atoms with E-state index >= 15 is 0 Å². The van der Waals surface area contributed by atoms with Gasteiger partial charge in [-0.2, -0.15) is 0 Å². The maximum absolute atomic E-state index is 5.67. The van der Waals surface area contributed by atoms with Crippen LogP contribution >= 0.6 is 11.3 Å². The Labute approximate surface area is 224 Å². The monoisotopic (exact) mass is 533 g/mol. The van der Waals surface area contributed by atoms with Crippen LogP contribution in [-0.4, -0.2) is 57.2 Å². The number of aromatic nitrogens is 3. The van der Waals surface area contributed by atoms with Crippen LogP contribution in [0.5, 0.6) is 34.5 Å². The van der Waals surface area contributed by atoms with Crippen molar-refractivity contribution in [2.45, 2.75) is 0 Å². The van der Waals surface area contributed by atoms with Crippen molar-refractivity contribution < 1.29 is 28.4 Å². The SMILES string of the molecule is COc1cc(OC)c(-c2cncn2-c2ccc(-c3nc4cc(OC)c(OC)c(OC)c4s3)cc2)c(OC)c1. The van der Waals surface area contributed by atoms with Crippen LogP contribution in [0.3, 0.4) is 0 Å². The highest BCUT2D eigenvalue weighted by Crippen LogP contribution is 2.47. The number of ether oxygens (including phenoxy) is 6. The Kier molecular flexibility index (Phi) is 6.97. The lowest BCUT2D eigenvalue weighted by molar-refractivity contribution is 0.327. The number of methoxy groups -OCH3 is 6. The average molecular weight is 534 g/mol. The lowest BCUT2D eigenvalue weighted by Crippen LogP contribution is -2.00. The topological polar surface area (TPSA) is 86.1 Å². The first-order chi connectivity index (χ1) is 18.6. The van der Waals surface area contributed by atoms with Crippen molar-refractivity contribution in [2.75, 3.05) is 42.7 Å². The Morgan fingerprint density at radius 1 is 0.711 bits per heavy atom. The first-order valence-electron chi connectivity index (χ1n) is 11.6. The van der Waals surface area contributed by atoms with Crippen molar-refractivity contribution in [3.8, 4) is 62.0 Å². The van der Waals surface area contributed by atoms with E-state index in [1.165, 1.54) is 11.3 Å². The molecule has 0 aliphatic rings. The van der Waals surface area contributed by atoms with Crippen molar-refractivity contribution in [1.29, 1.82) is 0 Å². The fourth-order valence-corrected chi connectivity index (χ4v) is 5.43. The molecule has 0 saturated heterocycles. The van der Waals surface area contributed by atoms with E-state index < -0.39 is 0 Å². The second-order valence-corrected chi connectivity index (χ2v) is 9.11. The van der Waals surface area contributed by atoms with Gasteiger partial charge in [0.05, 0.1) is 72.0 Å². The fourth-order valence-electron chi connectivity index (χ4n) is 4.36. The third-order valence-corrected chi connectivity index (χ3v) is 7.31. The van der Waals surface area contributed by atoms with Gasteiger partial charge in [-0.25, -0.2) is 9.97 Å². The average Bonchev–Trinajstić information content (AvgIpc) is 3.62. The van der Waals surface area contributed by atoms with E-state index in [0.29, 0.717) is 34.5 Å². The van der Waals surface area contributed by atoms with Crippen molar-refractivity contribution in [2.24, 2.45) is 0 Å². The molecule has 196 valence electrons. The largest absolute Gasteiger partial charge is 0.496 e. The lowest BCUT2D eigenvalue weighted by Gasteiger charge is -2.16. The van der Waals surface area contributed by atoms with Crippen molar-refractivity contribution >= 4 is 21.6 Å². The van der Waals surface area contributed by atoms with E-state index in [4.69, 9.17) is 33.4 Å². The summed E-state index contributed by atoms with van der Waals surface area (Å²) in [6, 6.07) is 13.6. The van der Waals surface area contributed by atoms with Crippen LogP contribution in [0.4, 0.5) is 0 Å². The molecular weight excluding hydrogens is 506 g/mol. The number of nitrogens with zero attached hydrogens (tertiary/aromatic N) is 3. The van der Waals surface area contributed by atoms with Crippen molar-refractivity contribution in [3.63, 3.8) is 0 Å². The number of thiazole rings is 1. The Balaban J connectivity index is 1.55. The number of imidazole rings is 1. The molecule has 0 unspecified atom stereocenters. The molecule has 5 rings (SSSR count). The molecule has 9 nitrogen and oxygen atoms in total. The molecule has 0 N–H and O–H groups in total. The summed E-state index contributed by atoms with van der Waals surface area (Å²) >= 11 is 1.53. The molecule has 0 aliphatic carbocycles. The quantitative estimate of drug-likeness (QED) is 0.233. The lowest BCUT2D eigenvalue weighted by atomic mass is 10.1. The fraction of sp³-hybridized carbons (Fsp3) is 0.214. The molecule has 0 saturated carbocycles. The summed E-state index contributed by atoms with van der Waals surface area (Å²) in [6.07, 6.45) is 3.54.